The van der Waals surface area contributed by atoms with E-state index in [0.717, 1.165) is 21.5 Å². The summed E-state index contributed by atoms with van der Waals surface area (Å²) in [5, 5.41) is 2.98. The highest BCUT2D eigenvalue weighted by molar-refractivity contribution is 6.02. The van der Waals surface area contributed by atoms with Crippen LogP contribution in [0.25, 0.3) is 21.5 Å². The number of hydrogen-bond donors (Lipinski definition) is 0. The average molecular weight is 703 g/mol. The Kier molecular flexibility index (Phi) is 11.5. The number of fused-ring (bicyclic) bond motifs is 2. The number of carbonyl (C=O) groups excluding carboxylic acids is 5. The molecule has 0 aliphatic rings. The van der Waals surface area contributed by atoms with E-state index in [1.54, 1.807) is 79.7 Å². The minimum Gasteiger partial charge on any atom is -0.457 e. The topological polar surface area (TPSA) is 141 Å². The van der Waals surface area contributed by atoms with E-state index in [4.69, 9.17) is 28.4 Å². The third kappa shape index (κ3) is 9.07. The first kappa shape index (κ1) is 36.5. The molecule has 0 unspecified atom stereocenters. The van der Waals surface area contributed by atoms with Gasteiger partial charge in [0.1, 0.15) is 23.0 Å². The fraction of sp³-hybridized carbons (Fsp3) is 0.146. The lowest BCUT2D eigenvalue weighted by Gasteiger charge is -2.12. The molecule has 5 aromatic rings. The molecule has 0 spiro atoms. The van der Waals surface area contributed by atoms with Crippen molar-refractivity contribution in [2.45, 2.75) is 27.2 Å². The normalized spacial score (nSPS) is 10.6. The largest absolute Gasteiger partial charge is 0.457 e. The molecule has 0 bridgehead atoms. The van der Waals surface area contributed by atoms with Gasteiger partial charge in [-0.2, -0.15) is 0 Å². The van der Waals surface area contributed by atoms with Crippen molar-refractivity contribution >= 4 is 51.2 Å². The number of Topliss-reactive ketones (excluding diaryl/α,β-unsaturated/α-hetero) is 1. The summed E-state index contributed by atoms with van der Waals surface area (Å²) in [7, 11) is 0. The van der Waals surface area contributed by atoms with Crippen LogP contribution in [0, 0.1) is 0 Å². The molecule has 0 atom stereocenters. The van der Waals surface area contributed by atoms with E-state index < -0.39 is 23.9 Å². The molecule has 0 fully saturated rings. The van der Waals surface area contributed by atoms with Crippen molar-refractivity contribution in [3.8, 4) is 23.0 Å². The molecule has 0 amide bonds. The molecule has 0 aromatic heterocycles. The SMILES string of the molecule is C=C(C)C(=O)OCOc1ccc2cc(C(=O)Oc3ccc(OC(=O)c4ccc5cc(OCOC(=O)C(=C)C)ccc5c4)c(C(=O)CC)c3)ccc2c1. The van der Waals surface area contributed by atoms with E-state index in [9.17, 15) is 24.0 Å². The van der Waals surface area contributed by atoms with Gasteiger partial charge in [-0.1, -0.05) is 44.3 Å². The van der Waals surface area contributed by atoms with E-state index in [1.165, 1.54) is 32.0 Å². The summed E-state index contributed by atoms with van der Waals surface area (Å²) < 4.78 is 32.1. The van der Waals surface area contributed by atoms with Crippen LogP contribution in [-0.2, 0) is 19.1 Å². The highest BCUT2D eigenvalue weighted by atomic mass is 16.7. The van der Waals surface area contributed by atoms with Gasteiger partial charge in [-0.3, -0.25) is 4.79 Å². The van der Waals surface area contributed by atoms with Crippen molar-refractivity contribution in [2.75, 3.05) is 13.6 Å². The first-order chi connectivity index (χ1) is 24.9. The minimum absolute atomic E-state index is 0.0166. The Hall–Kier alpha value is -6.75. The number of esters is 4. The van der Waals surface area contributed by atoms with Crippen LogP contribution in [0.15, 0.2) is 115 Å². The predicted molar refractivity (Wildman–Crippen MR) is 192 cm³/mol. The maximum Gasteiger partial charge on any atom is 0.343 e. The molecule has 0 saturated carbocycles. The molecule has 11 nitrogen and oxygen atoms in total. The summed E-state index contributed by atoms with van der Waals surface area (Å²) in [5.41, 5.74) is 1.10. The van der Waals surface area contributed by atoms with Crippen LogP contribution in [0.5, 0.6) is 23.0 Å². The van der Waals surface area contributed by atoms with Crippen molar-refractivity contribution in [1.29, 1.82) is 0 Å². The van der Waals surface area contributed by atoms with Crippen LogP contribution in [-0.4, -0.2) is 43.2 Å². The number of ether oxygens (including phenoxy) is 6. The Morgan fingerprint density at radius 1 is 0.538 bits per heavy atom. The molecule has 5 aromatic carbocycles. The van der Waals surface area contributed by atoms with Gasteiger partial charge in [0.15, 0.2) is 5.78 Å². The first-order valence-electron chi connectivity index (χ1n) is 16.0. The van der Waals surface area contributed by atoms with Crippen molar-refractivity contribution in [3.05, 3.63) is 132 Å². The van der Waals surface area contributed by atoms with Gasteiger partial charge in [0, 0.05) is 17.6 Å². The number of hydrogen-bond acceptors (Lipinski definition) is 11. The second-order valence-corrected chi connectivity index (χ2v) is 11.6. The van der Waals surface area contributed by atoms with Crippen LogP contribution in [0.1, 0.15) is 58.3 Å². The fourth-order valence-electron chi connectivity index (χ4n) is 4.82. The Morgan fingerprint density at radius 3 is 1.46 bits per heavy atom. The zero-order chi connectivity index (χ0) is 37.4. The Labute approximate surface area is 298 Å². The Balaban J connectivity index is 1.25. The summed E-state index contributed by atoms with van der Waals surface area (Å²) in [6, 6.07) is 24.4. The summed E-state index contributed by atoms with van der Waals surface area (Å²) in [5.74, 6) is -1.76. The number of ketones is 1. The van der Waals surface area contributed by atoms with E-state index in [1.807, 2.05) is 0 Å². The molecule has 264 valence electrons. The lowest BCUT2D eigenvalue weighted by atomic mass is 10.1. The molecule has 0 aliphatic heterocycles. The highest BCUT2D eigenvalue weighted by Crippen LogP contribution is 2.29. The van der Waals surface area contributed by atoms with Crippen molar-refractivity contribution in [3.63, 3.8) is 0 Å². The summed E-state index contributed by atoms with van der Waals surface area (Å²) in [6.45, 7) is 11.2. The van der Waals surface area contributed by atoms with Gasteiger partial charge in [0.05, 0.1) is 16.7 Å². The molecule has 0 radical (unpaired) electrons. The van der Waals surface area contributed by atoms with Crippen LogP contribution in [0.2, 0.25) is 0 Å². The quantitative estimate of drug-likeness (QED) is 0.0366. The maximum atomic E-state index is 13.2. The van der Waals surface area contributed by atoms with Gasteiger partial charge in [-0.05, 0) is 102 Å². The zero-order valence-electron chi connectivity index (χ0n) is 28.7. The average Bonchev–Trinajstić information content (AvgIpc) is 3.14. The predicted octanol–water partition coefficient (Wildman–Crippen LogP) is 7.94. The standard InChI is InChI=1S/C41H34O11/c1-6-36(42)35-21-34(51-40(45)30-9-7-28-19-32(13-11-26(28)17-30)47-22-49-38(43)24(2)3)15-16-37(35)52-41(46)31-10-8-29-20-33(14-12-27(29)18-31)48-23-50-39(44)25(4)5/h7-21H,2,4,6,22-23H2,1,3,5H3. The van der Waals surface area contributed by atoms with Crippen LogP contribution >= 0.6 is 0 Å². The monoisotopic (exact) mass is 702 g/mol. The van der Waals surface area contributed by atoms with E-state index >= 15 is 0 Å². The van der Waals surface area contributed by atoms with Gasteiger partial charge in [0.25, 0.3) is 0 Å². The highest BCUT2D eigenvalue weighted by Gasteiger charge is 2.19. The Bertz CT molecular complexity index is 2250. The summed E-state index contributed by atoms with van der Waals surface area (Å²) in [6.07, 6.45) is 0.113. The third-order valence-electron chi connectivity index (χ3n) is 7.61. The van der Waals surface area contributed by atoms with Crippen LogP contribution in [0.4, 0.5) is 0 Å². The van der Waals surface area contributed by atoms with Crippen molar-refractivity contribution in [2.24, 2.45) is 0 Å². The maximum absolute atomic E-state index is 13.2. The van der Waals surface area contributed by atoms with Gasteiger partial charge in [-0.15, -0.1) is 0 Å². The van der Waals surface area contributed by atoms with Gasteiger partial charge in [-0.25, -0.2) is 19.2 Å². The molecular weight excluding hydrogens is 668 g/mol. The van der Waals surface area contributed by atoms with E-state index in [0.29, 0.717) is 11.5 Å². The number of benzene rings is 5. The molecule has 5 rings (SSSR count). The number of carbonyl (C=O) groups is 5. The summed E-state index contributed by atoms with van der Waals surface area (Å²) >= 11 is 0. The molecular formula is C41H34O11. The van der Waals surface area contributed by atoms with E-state index in [2.05, 4.69) is 13.2 Å². The van der Waals surface area contributed by atoms with Crippen LogP contribution < -0.4 is 18.9 Å². The van der Waals surface area contributed by atoms with Gasteiger partial charge >= 0.3 is 23.9 Å². The van der Waals surface area contributed by atoms with Crippen LogP contribution in [0.3, 0.4) is 0 Å². The number of rotatable bonds is 14. The van der Waals surface area contributed by atoms with E-state index in [-0.39, 0.29) is 65.1 Å². The zero-order valence-corrected chi connectivity index (χ0v) is 28.7. The second-order valence-electron chi connectivity index (χ2n) is 11.6. The summed E-state index contributed by atoms with van der Waals surface area (Å²) in [4.78, 5) is 62.3. The van der Waals surface area contributed by atoms with Gasteiger partial charge < -0.3 is 28.4 Å². The third-order valence-corrected chi connectivity index (χ3v) is 7.61. The van der Waals surface area contributed by atoms with Gasteiger partial charge in [0.2, 0.25) is 13.6 Å². The lowest BCUT2D eigenvalue weighted by molar-refractivity contribution is -0.146. The molecule has 0 saturated heterocycles. The van der Waals surface area contributed by atoms with Crippen molar-refractivity contribution in [1.82, 2.24) is 0 Å². The molecule has 52 heavy (non-hydrogen) atoms. The minimum atomic E-state index is -0.693. The fourth-order valence-corrected chi connectivity index (χ4v) is 4.82. The molecule has 0 N–H and O–H groups in total. The second kappa shape index (κ2) is 16.3. The van der Waals surface area contributed by atoms with Crippen molar-refractivity contribution < 1.29 is 52.4 Å². The molecule has 11 heteroatoms. The smallest absolute Gasteiger partial charge is 0.343 e. The first-order valence-corrected chi connectivity index (χ1v) is 16.0. The molecule has 0 heterocycles. The molecule has 0 aliphatic carbocycles. The Morgan fingerprint density at radius 2 is 0.981 bits per heavy atom. The lowest BCUT2D eigenvalue weighted by Crippen LogP contribution is -2.13.